The van der Waals surface area contributed by atoms with E-state index in [1.54, 1.807) is 11.0 Å². The number of piperazine rings is 1. The molecular weight excluding hydrogens is 337 g/mol. The first kappa shape index (κ1) is 19.6. The minimum absolute atomic E-state index is 0.199. The summed E-state index contributed by atoms with van der Waals surface area (Å²) in [6.45, 7) is 13.1. The van der Waals surface area contributed by atoms with Crippen molar-refractivity contribution in [3.8, 4) is 0 Å². The summed E-state index contributed by atoms with van der Waals surface area (Å²) in [4.78, 5) is 3.71. The number of nitrogens with zero attached hydrogens (tertiary/aromatic N) is 2. The molecule has 0 saturated carbocycles. The van der Waals surface area contributed by atoms with E-state index >= 15 is 0 Å². The molecule has 0 spiro atoms. The summed E-state index contributed by atoms with van der Waals surface area (Å²) in [5.74, 6) is -0.199. The summed E-state index contributed by atoms with van der Waals surface area (Å²) < 4.78 is 14.6. The topological polar surface area (TPSA) is 44.1 Å². The van der Waals surface area contributed by atoms with Gasteiger partial charge in [0.1, 0.15) is 5.82 Å². The maximum absolute atomic E-state index is 14.6. The third-order valence-corrected chi connectivity index (χ3v) is 4.63. The van der Waals surface area contributed by atoms with E-state index in [0.717, 1.165) is 38.3 Å². The molecule has 1 heterocycles. The van der Waals surface area contributed by atoms with E-state index in [4.69, 9.17) is 12.2 Å². The first-order valence-electron chi connectivity index (χ1n) is 8.90. The van der Waals surface area contributed by atoms with Gasteiger partial charge in [-0.1, -0.05) is 6.07 Å². The molecule has 2 rings (SSSR count). The Morgan fingerprint density at radius 1 is 1.36 bits per heavy atom. The van der Waals surface area contributed by atoms with Crippen molar-refractivity contribution in [2.75, 3.05) is 37.6 Å². The lowest BCUT2D eigenvalue weighted by atomic mass is 10.1. The number of thiocarbonyl (C=S) groups is 1. The van der Waals surface area contributed by atoms with Crippen LogP contribution < -0.4 is 20.5 Å². The lowest BCUT2D eigenvalue weighted by Gasteiger charge is -2.33. The minimum Gasteiger partial charge on any atom is -0.359 e. The summed E-state index contributed by atoms with van der Waals surface area (Å²) in [6, 6.07) is 5.55. The molecule has 0 aromatic heterocycles. The monoisotopic (exact) mass is 366 g/mol. The number of hydrogen-bond donors (Lipinski definition) is 3. The van der Waals surface area contributed by atoms with Crippen LogP contribution in [0.1, 0.15) is 33.3 Å². The third-order valence-electron chi connectivity index (χ3n) is 4.42. The molecule has 0 unspecified atom stereocenters. The maximum atomic E-state index is 14.6. The fraction of sp³-hybridized carbons (Fsp3) is 0.556. The fourth-order valence-corrected chi connectivity index (χ4v) is 3.18. The van der Waals surface area contributed by atoms with Gasteiger partial charge in [0.2, 0.25) is 0 Å². The van der Waals surface area contributed by atoms with E-state index in [1.807, 2.05) is 32.9 Å². The van der Waals surface area contributed by atoms with Gasteiger partial charge < -0.3 is 15.1 Å². The van der Waals surface area contributed by atoms with Crippen LogP contribution in [0.15, 0.2) is 23.3 Å². The van der Waals surface area contributed by atoms with Crippen molar-refractivity contribution in [3.63, 3.8) is 0 Å². The lowest BCUT2D eigenvalue weighted by molar-refractivity contribution is -0.898. The summed E-state index contributed by atoms with van der Waals surface area (Å²) in [6.07, 6.45) is 0. The smallest absolute Gasteiger partial charge is 0.187 e. The summed E-state index contributed by atoms with van der Waals surface area (Å²) in [5.41, 5.74) is 4.91. The molecule has 0 atom stereocenters. The molecule has 0 radical (unpaired) electrons. The molecule has 0 amide bonds. The first-order chi connectivity index (χ1) is 11.9. The Balaban J connectivity index is 2.02. The first-order valence-corrected chi connectivity index (χ1v) is 9.30. The average Bonchev–Trinajstić information content (AvgIpc) is 2.59. The average molecular weight is 367 g/mol. The quantitative estimate of drug-likeness (QED) is 0.416. The minimum atomic E-state index is -0.199. The Morgan fingerprint density at radius 2 is 2.04 bits per heavy atom. The summed E-state index contributed by atoms with van der Waals surface area (Å²) >= 11 is 5.14. The molecule has 0 aliphatic carbocycles. The second-order valence-electron chi connectivity index (χ2n) is 6.69. The zero-order valence-electron chi connectivity index (χ0n) is 15.5. The van der Waals surface area contributed by atoms with Crippen LogP contribution in [0.2, 0.25) is 0 Å². The van der Waals surface area contributed by atoms with Crippen molar-refractivity contribution in [1.82, 2.24) is 10.7 Å². The van der Waals surface area contributed by atoms with Gasteiger partial charge in [-0.15, -0.1) is 0 Å². The van der Waals surface area contributed by atoms with Crippen molar-refractivity contribution in [1.29, 1.82) is 0 Å². The van der Waals surface area contributed by atoms with E-state index in [1.165, 1.54) is 0 Å². The molecule has 1 saturated heterocycles. The van der Waals surface area contributed by atoms with Crippen LogP contribution >= 0.6 is 12.2 Å². The molecule has 1 fully saturated rings. The fourth-order valence-electron chi connectivity index (χ4n) is 2.90. The van der Waals surface area contributed by atoms with Gasteiger partial charge in [0.15, 0.2) is 5.11 Å². The Morgan fingerprint density at radius 3 is 2.60 bits per heavy atom. The predicted molar refractivity (Wildman–Crippen MR) is 106 cm³/mol. The Labute approximate surface area is 155 Å². The summed E-state index contributed by atoms with van der Waals surface area (Å²) in [7, 11) is 0. The normalized spacial score (nSPS) is 16.2. The Hall–Kier alpha value is -1.73. The molecule has 25 heavy (non-hydrogen) atoms. The van der Waals surface area contributed by atoms with Gasteiger partial charge in [-0.3, -0.25) is 5.43 Å². The number of benzene rings is 1. The molecule has 3 N–H and O–H groups in total. The zero-order valence-corrected chi connectivity index (χ0v) is 16.3. The van der Waals surface area contributed by atoms with Gasteiger partial charge in [-0.25, -0.2) is 4.39 Å². The molecule has 0 bridgehead atoms. The molecule has 138 valence electrons. The van der Waals surface area contributed by atoms with Crippen molar-refractivity contribution in [2.45, 2.75) is 33.7 Å². The standard InChI is InChI=1S/C18H28FN5S/c1-5-23-8-10-24(11-9-23)17-7-6-15(12-16(17)19)14(4)21-22-18(25)20-13(2)3/h6-7,12-13H,5,8-11H2,1-4H3,(H2,20,22,25)/p+1/b21-14-. The second kappa shape index (κ2) is 9.10. The van der Waals surface area contributed by atoms with Crippen molar-refractivity contribution < 1.29 is 9.29 Å². The van der Waals surface area contributed by atoms with Crippen LogP contribution in [-0.4, -0.2) is 49.6 Å². The van der Waals surface area contributed by atoms with Crippen LogP contribution in [0.4, 0.5) is 10.1 Å². The highest BCUT2D eigenvalue weighted by atomic mass is 32.1. The van der Waals surface area contributed by atoms with E-state index in [2.05, 4.69) is 27.7 Å². The number of likely N-dealkylation sites (N-methyl/N-ethyl adjacent to an activating group) is 1. The zero-order chi connectivity index (χ0) is 18.4. The highest BCUT2D eigenvalue weighted by Gasteiger charge is 2.21. The number of hydrogen-bond acceptors (Lipinski definition) is 3. The second-order valence-corrected chi connectivity index (χ2v) is 7.10. The van der Waals surface area contributed by atoms with Gasteiger partial charge in [-0.05, 0) is 52.0 Å². The molecule has 7 heteroatoms. The van der Waals surface area contributed by atoms with Crippen LogP contribution in [0.25, 0.3) is 0 Å². The van der Waals surface area contributed by atoms with Crippen molar-refractivity contribution in [3.05, 3.63) is 29.6 Å². The van der Waals surface area contributed by atoms with Gasteiger partial charge in [0.25, 0.3) is 0 Å². The molecule has 1 aliphatic heterocycles. The number of hydrazone groups is 1. The Bertz CT molecular complexity index is 624. The van der Waals surface area contributed by atoms with Crippen molar-refractivity contribution in [2.24, 2.45) is 5.10 Å². The molecule has 1 aromatic rings. The highest BCUT2D eigenvalue weighted by Crippen LogP contribution is 2.21. The van der Waals surface area contributed by atoms with Crippen molar-refractivity contribution >= 4 is 28.7 Å². The molecular formula is C18H29FN5S+. The molecule has 1 aromatic carbocycles. The van der Waals surface area contributed by atoms with E-state index in [9.17, 15) is 4.39 Å². The van der Waals surface area contributed by atoms with Gasteiger partial charge in [0.05, 0.1) is 44.1 Å². The van der Waals surface area contributed by atoms with Crippen LogP contribution in [0.5, 0.6) is 0 Å². The number of nitrogens with one attached hydrogen (secondary N) is 3. The van der Waals surface area contributed by atoms with Gasteiger partial charge in [0, 0.05) is 11.6 Å². The predicted octanol–water partition coefficient (Wildman–Crippen LogP) is 1.15. The SMILES string of the molecule is CC[NH+]1CCN(c2ccc(/C(C)=N\NC(=S)NC(C)C)cc2F)CC1. The number of rotatable bonds is 5. The number of halogens is 1. The largest absolute Gasteiger partial charge is 0.359 e. The summed E-state index contributed by atoms with van der Waals surface area (Å²) in [5, 5.41) is 7.74. The molecule has 1 aliphatic rings. The number of anilines is 1. The van der Waals surface area contributed by atoms with Crippen LogP contribution in [0.3, 0.4) is 0 Å². The van der Waals surface area contributed by atoms with E-state index < -0.39 is 0 Å². The van der Waals surface area contributed by atoms with Gasteiger partial charge >= 0.3 is 0 Å². The Kier molecular flexibility index (Phi) is 7.13. The maximum Gasteiger partial charge on any atom is 0.187 e. The number of quaternary nitrogens is 1. The molecule has 5 nitrogen and oxygen atoms in total. The lowest BCUT2D eigenvalue weighted by Crippen LogP contribution is -3.14. The van der Waals surface area contributed by atoms with Crippen LogP contribution in [-0.2, 0) is 0 Å². The van der Waals surface area contributed by atoms with E-state index in [0.29, 0.717) is 16.5 Å². The van der Waals surface area contributed by atoms with Crippen LogP contribution in [0, 0.1) is 5.82 Å². The van der Waals surface area contributed by atoms with Gasteiger partial charge in [-0.2, -0.15) is 5.10 Å². The third kappa shape index (κ3) is 5.64. The highest BCUT2D eigenvalue weighted by molar-refractivity contribution is 7.80. The van der Waals surface area contributed by atoms with E-state index in [-0.39, 0.29) is 11.9 Å².